The molecule has 112 valence electrons. The van der Waals surface area contributed by atoms with Gasteiger partial charge >= 0.3 is 0 Å². The predicted molar refractivity (Wildman–Crippen MR) is 82.3 cm³/mol. The molecule has 0 aliphatic carbocycles. The Balaban J connectivity index is 1.99. The van der Waals surface area contributed by atoms with Gasteiger partial charge in [0.1, 0.15) is 11.6 Å². The van der Waals surface area contributed by atoms with Crippen molar-refractivity contribution >= 4 is 35.0 Å². The van der Waals surface area contributed by atoms with Crippen LogP contribution in [0.25, 0.3) is 0 Å². The van der Waals surface area contributed by atoms with E-state index in [0.29, 0.717) is 27.4 Å². The van der Waals surface area contributed by atoms with E-state index in [1.54, 1.807) is 25.1 Å². The van der Waals surface area contributed by atoms with Gasteiger partial charge in [0, 0.05) is 5.02 Å². The van der Waals surface area contributed by atoms with Crippen LogP contribution in [-0.4, -0.2) is 33.6 Å². The smallest absolute Gasteiger partial charge is 0.234 e. The number of hydrogen-bond donors (Lipinski definition) is 2. The molecule has 0 unspecified atom stereocenters. The fourth-order valence-electron chi connectivity index (χ4n) is 1.54. The highest BCUT2D eigenvalue weighted by atomic mass is 35.5. The number of methoxy groups -OCH3 is 1. The van der Waals surface area contributed by atoms with Crippen molar-refractivity contribution in [3.8, 4) is 5.75 Å². The number of nitrogens with one attached hydrogen (secondary N) is 1. The number of benzene rings is 1. The van der Waals surface area contributed by atoms with Gasteiger partial charge < -0.3 is 15.9 Å². The highest BCUT2D eigenvalue weighted by Gasteiger charge is 2.12. The molecule has 7 nitrogen and oxygen atoms in total. The number of anilines is 1. The molecule has 0 aliphatic rings. The van der Waals surface area contributed by atoms with Crippen molar-refractivity contribution in [2.45, 2.75) is 12.1 Å². The summed E-state index contributed by atoms with van der Waals surface area (Å²) in [4.78, 5) is 12.0. The summed E-state index contributed by atoms with van der Waals surface area (Å²) in [6.45, 7) is 1.73. The Hall–Kier alpha value is -1.93. The van der Waals surface area contributed by atoms with Crippen LogP contribution in [0.4, 0.5) is 5.69 Å². The van der Waals surface area contributed by atoms with Crippen molar-refractivity contribution in [2.75, 3.05) is 24.0 Å². The molecule has 2 aromatic rings. The molecule has 1 aromatic heterocycles. The number of nitrogens with zero attached hydrogens (tertiary/aromatic N) is 3. The van der Waals surface area contributed by atoms with Gasteiger partial charge in [0.2, 0.25) is 11.1 Å². The maximum absolute atomic E-state index is 12.0. The van der Waals surface area contributed by atoms with Crippen molar-refractivity contribution in [1.29, 1.82) is 0 Å². The summed E-state index contributed by atoms with van der Waals surface area (Å²) in [5.41, 5.74) is 0.515. The van der Waals surface area contributed by atoms with Gasteiger partial charge in [-0.25, -0.2) is 4.68 Å². The zero-order valence-corrected chi connectivity index (χ0v) is 13.0. The molecule has 0 fully saturated rings. The topological polar surface area (TPSA) is 95.1 Å². The molecular formula is C12H14ClN5O2S. The first kappa shape index (κ1) is 15.5. The number of rotatable bonds is 5. The lowest BCUT2D eigenvalue weighted by molar-refractivity contribution is -0.113. The van der Waals surface area contributed by atoms with E-state index in [0.717, 1.165) is 0 Å². The van der Waals surface area contributed by atoms with Crippen LogP contribution in [0.15, 0.2) is 23.4 Å². The van der Waals surface area contributed by atoms with E-state index in [-0.39, 0.29) is 11.7 Å². The molecule has 21 heavy (non-hydrogen) atoms. The summed E-state index contributed by atoms with van der Waals surface area (Å²) < 4.78 is 6.49. The molecule has 0 atom stereocenters. The highest BCUT2D eigenvalue weighted by Crippen LogP contribution is 2.28. The van der Waals surface area contributed by atoms with Crippen LogP contribution in [0.5, 0.6) is 5.75 Å². The number of amides is 1. The number of aromatic nitrogens is 3. The van der Waals surface area contributed by atoms with Gasteiger partial charge in [0.05, 0.1) is 18.6 Å². The number of aryl methyl sites for hydroxylation is 1. The van der Waals surface area contributed by atoms with Gasteiger partial charge in [0.15, 0.2) is 0 Å². The van der Waals surface area contributed by atoms with E-state index < -0.39 is 0 Å². The Labute approximate surface area is 130 Å². The average molecular weight is 328 g/mol. The third-order valence-corrected chi connectivity index (χ3v) is 3.78. The zero-order chi connectivity index (χ0) is 15.4. The lowest BCUT2D eigenvalue weighted by Crippen LogP contribution is -2.17. The summed E-state index contributed by atoms with van der Waals surface area (Å²) in [7, 11) is 1.52. The van der Waals surface area contributed by atoms with E-state index in [9.17, 15) is 4.79 Å². The molecule has 1 aromatic carbocycles. The monoisotopic (exact) mass is 327 g/mol. The minimum Gasteiger partial charge on any atom is -0.495 e. The number of halogens is 1. The zero-order valence-electron chi connectivity index (χ0n) is 11.5. The number of nitrogens with two attached hydrogens (primary N) is 1. The van der Waals surface area contributed by atoms with Crippen LogP contribution in [0.2, 0.25) is 5.02 Å². The van der Waals surface area contributed by atoms with Crippen LogP contribution in [0.3, 0.4) is 0 Å². The maximum atomic E-state index is 12.0. The third kappa shape index (κ3) is 3.79. The second-order valence-corrected chi connectivity index (χ2v) is 5.46. The molecule has 1 amide bonds. The van der Waals surface area contributed by atoms with E-state index >= 15 is 0 Å². The number of carbonyl (C=O) groups excluding carboxylic acids is 1. The summed E-state index contributed by atoms with van der Waals surface area (Å²) in [6, 6.07) is 4.99. The quantitative estimate of drug-likeness (QED) is 0.641. The Bertz CT molecular complexity index is 661. The second kappa shape index (κ2) is 6.68. The molecule has 0 aliphatic heterocycles. The Morgan fingerprint density at radius 3 is 2.90 bits per heavy atom. The van der Waals surface area contributed by atoms with Gasteiger partial charge in [-0.05, 0) is 25.1 Å². The van der Waals surface area contributed by atoms with Crippen LogP contribution in [0, 0.1) is 6.92 Å². The van der Waals surface area contributed by atoms with Crippen molar-refractivity contribution in [3.05, 3.63) is 29.0 Å². The highest BCUT2D eigenvalue weighted by molar-refractivity contribution is 7.99. The van der Waals surface area contributed by atoms with Crippen LogP contribution in [-0.2, 0) is 4.79 Å². The normalized spacial score (nSPS) is 10.4. The van der Waals surface area contributed by atoms with Crippen LogP contribution in [0.1, 0.15) is 5.82 Å². The Kier molecular flexibility index (Phi) is 4.92. The van der Waals surface area contributed by atoms with Crippen molar-refractivity contribution in [3.63, 3.8) is 0 Å². The van der Waals surface area contributed by atoms with Crippen molar-refractivity contribution < 1.29 is 9.53 Å². The first-order valence-corrected chi connectivity index (χ1v) is 7.31. The lowest BCUT2D eigenvalue weighted by Gasteiger charge is -2.10. The van der Waals surface area contributed by atoms with Crippen molar-refractivity contribution in [1.82, 2.24) is 14.9 Å². The van der Waals surface area contributed by atoms with Gasteiger partial charge in [0.25, 0.3) is 0 Å². The first-order valence-electron chi connectivity index (χ1n) is 5.94. The molecule has 9 heteroatoms. The number of hydrogen-bond acceptors (Lipinski definition) is 6. The van der Waals surface area contributed by atoms with Gasteiger partial charge in [-0.2, -0.15) is 0 Å². The number of nitrogen functional groups attached to an aromatic ring is 1. The van der Waals surface area contributed by atoms with E-state index in [1.165, 1.54) is 23.5 Å². The number of thioether (sulfide) groups is 1. The molecule has 0 bridgehead atoms. The third-order valence-electron chi connectivity index (χ3n) is 2.60. The summed E-state index contributed by atoms with van der Waals surface area (Å²) in [5.74, 6) is 6.75. The lowest BCUT2D eigenvalue weighted by atomic mass is 10.3. The summed E-state index contributed by atoms with van der Waals surface area (Å²) >= 11 is 7.09. The fraction of sp³-hybridized carbons (Fsp3) is 0.250. The average Bonchev–Trinajstić information content (AvgIpc) is 2.77. The minimum absolute atomic E-state index is 0.144. The van der Waals surface area contributed by atoms with E-state index in [4.69, 9.17) is 22.2 Å². The number of ether oxygens (including phenoxy) is 1. The molecule has 0 spiro atoms. The standard InChI is InChI=1S/C12H14ClN5O2S/c1-7-16-17-12(18(7)14)21-6-11(19)15-9-5-8(13)3-4-10(9)20-2/h3-5H,6,14H2,1-2H3,(H,15,19). The molecular weight excluding hydrogens is 314 g/mol. The fourth-order valence-corrected chi connectivity index (χ4v) is 2.42. The molecule has 2 rings (SSSR count). The first-order chi connectivity index (χ1) is 10.0. The molecule has 0 saturated carbocycles. The number of carbonyl (C=O) groups is 1. The van der Waals surface area contributed by atoms with Gasteiger partial charge in [-0.3, -0.25) is 4.79 Å². The van der Waals surface area contributed by atoms with Gasteiger partial charge in [-0.15, -0.1) is 10.2 Å². The van der Waals surface area contributed by atoms with Crippen LogP contribution >= 0.6 is 23.4 Å². The minimum atomic E-state index is -0.221. The van der Waals surface area contributed by atoms with E-state index in [1.807, 2.05) is 0 Å². The maximum Gasteiger partial charge on any atom is 0.234 e. The summed E-state index contributed by atoms with van der Waals surface area (Å²) in [5, 5.41) is 11.4. The Morgan fingerprint density at radius 1 is 1.52 bits per heavy atom. The van der Waals surface area contributed by atoms with Gasteiger partial charge in [-0.1, -0.05) is 23.4 Å². The second-order valence-electron chi connectivity index (χ2n) is 4.08. The van der Waals surface area contributed by atoms with Crippen molar-refractivity contribution in [2.24, 2.45) is 0 Å². The van der Waals surface area contributed by atoms with E-state index in [2.05, 4.69) is 15.5 Å². The van der Waals surface area contributed by atoms with Crippen LogP contribution < -0.4 is 15.9 Å². The Morgan fingerprint density at radius 2 is 2.29 bits per heavy atom. The molecule has 1 heterocycles. The predicted octanol–water partition coefficient (Wildman–Crippen LogP) is 1.69. The largest absolute Gasteiger partial charge is 0.495 e. The molecule has 0 radical (unpaired) electrons. The SMILES string of the molecule is COc1ccc(Cl)cc1NC(=O)CSc1nnc(C)n1N. The molecule has 3 N–H and O–H groups in total. The molecule has 0 saturated heterocycles. The summed E-state index contributed by atoms with van der Waals surface area (Å²) in [6.07, 6.45) is 0.